The fourth-order valence-corrected chi connectivity index (χ4v) is 4.12. The maximum Gasteiger partial charge on any atom is 0.338 e. The maximum atomic E-state index is 13.5. The van der Waals surface area contributed by atoms with Crippen molar-refractivity contribution >= 4 is 17.8 Å². The lowest BCUT2D eigenvalue weighted by Gasteiger charge is -2.38. The number of carbonyl (C=O) groups is 3. The van der Waals surface area contributed by atoms with E-state index in [9.17, 15) is 14.4 Å². The smallest absolute Gasteiger partial charge is 0.338 e. The molecule has 5 nitrogen and oxygen atoms in total. The number of ether oxygens (including phenoxy) is 1. The summed E-state index contributed by atoms with van der Waals surface area (Å²) in [5.74, 6) is -1.21. The summed E-state index contributed by atoms with van der Waals surface area (Å²) in [6.07, 6.45) is 2.35. The predicted octanol–water partition coefficient (Wildman–Crippen LogP) is 5.14. The molecule has 0 radical (unpaired) electrons. The number of nitrogens with zero attached hydrogens (tertiary/aromatic N) is 1. The highest BCUT2D eigenvalue weighted by molar-refractivity contribution is 6.10. The minimum atomic E-state index is -0.559. The number of hydrogen-bond donors (Lipinski definition) is 0. The van der Waals surface area contributed by atoms with Crippen LogP contribution in [0.2, 0.25) is 0 Å². The van der Waals surface area contributed by atoms with Crippen molar-refractivity contribution < 1.29 is 19.1 Å². The third-order valence-electron chi connectivity index (χ3n) is 5.75. The van der Waals surface area contributed by atoms with E-state index in [4.69, 9.17) is 4.74 Å². The van der Waals surface area contributed by atoms with Gasteiger partial charge in [0.2, 0.25) is 0 Å². The molecule has 0 saturated heterocycles. The van der Waals surface area contributed by atoms with Gasteiger partial charge in [-0.25, -0.2) is 4.79 Å². The van der Waals surface area contributed by atoms with Crippen molar-refractivity contribution in [2.45, 2.75) is 37.8 Å². The van der Waals surface area contributed by atoms with Crippen LogP contribution in [0.4, 0.5) is 0 Å². The fraction of sp³-hybridized carbons (Fsp3) is 0.222. The highest BCUT2D eigenvalue weighted by Crippen LogP contribution is 2.29. The predicted molar refractivity (Wildman–Crippen MR) is 121 cm³/mol. The van der Waals surface area contributed by atoms with E-state index in [-0.39, 0.29) is 11.8 Å². The van der Waals surface area contributed by atoms with Crippen LogP contribution in [0.1, 0.15) is 56.8 Å². The van der Waals surface area contributed by atoms with Crippen molar-refractivity contribution in [2.24, 2.45) is 0 Å². The van der Waals surface area contributed by atoms with Crippen molar-refractivity contribution in [2.75, 3.05) is 0 Å². The number of benzene rings is 3. The van der Waals surface area contributed by atoms with Crippen molar-refractivity contribution in [1.29, 1.82) is 0 Å². The summed E-state index contributed by atoms with van der Waals surface area (Å²) in [4.78, 5) is 41.1. The molecular weight excluding hydrogens is 402 g/mol. The molecule has 3 aromatic carbocycles. The lowest BCUT2D eigenvalue weighted by molar-refractivity contribution is -0.0116. The molecule has 0 spiro atoms. The third kappa shape index (κ3) is 4.78. The Morgan fingerprint density at radius 1 is 0.625 bits per heavy atom. The summed E-state index contributed by atoms with van der Waals surface area (Å²) in [5.41, 5.74) is 1.30. The molecule has 2 amide bonds. The number of carbonyl (C=O) groups excluding carboxylic acids is 3. The van der Waals surface area contributed by atoms with Gasteiger partial charge in [0.25, 0.3) is 11.8 Å². The van der Waals surface area contributed by atoms with Gasteiger partial charge >= 0.3 is 5.97 Å². The molecule has 1 saturated carbocycles. The summed E-state index contributed by atoms with van der Waals surface area (Å²) < 4.78 is 5.86. The topological polar surface area (TPSA) is 63.7 Å². The second-order valence-corrected chi connectivity index (χ2v) is 7.87. The van der Waals surface area contributed by atoms with E-state index in [1.807, 2.05) is 18.2 Å². The Balaban J connectivity index is 1.67. The Morgan fingerprint density at radius 2 is 1.06 bits per heavy atom. The van der Waals surface area contributed by atoms with Crippen LogP contribution < -0.4 is 0 Å². The summed E-state index contributed by atoms with van der Waals surface area (Å²) in [6.45, 7) is 0. The van der Waals surface area contributed by atoms with Crippen LogP contribution in [0.15, 0.2) is 91.0 Å². The zero-order valence-electron chi connectivity index (χ0n) is 17.7. The van der Waals surface area contributed by atoms with Gasteiger partial charge in [0.05, 0.1) is 11.6 Å². The maximum absolute atomic E-state index is 13.5. The summed E-state index contributed by atoms with van der Waals surface area (Å²) >= 11 is 0. The fourth-order valence-electron chi connectivity index (χ4n) is 4.12. The van der Waals surface area contributed by atoms with Crippen LogP contribution in [-0.2, 0) is 4.74 Å². The lowest BCUT2D eigenvalue weighted by atomic mass is 9.90. The van der Waals surface area contributed by atoms with Crippen LogP contribution in [0, 0.1) is 0 Å². The molecule has 5 heteroatoms. The van der Waals surface area contributed by atoms with Gasteiger partial charge < -0.3 is 4.74 Å². The molecular formula is C27H25NO4. The molecule has 2 atom stereocenters. The average molecular weight is 428 g/mol. The van der Waals surface area contributed by atoms with Crippen LogP contribution >= 0.6 is 0 Å². The Labute approximate surface area is 187 Å². The van der Waals surface area contributed by atoms with Gasteiger partial charge in [-0.1, -0.05) is 61.0 Å². The van der Waals surface area contributed by atoms with Crippen molar-refractivity contribution in [1.82, 2.24) is 4.90 Å². The Hall–Kier alpha value is -3.73. The SMILES string of the molecule is O=C(OC1CCCCC1N(C(=O)c1ccccc1)C(=O)c1ccccc1)c1ccccc1. The van der Waals surface area contributed by atoms with Crippen LogP contribution in [0.3, 0.4) is 0 Å². The van der Waals surface area contributed by atoms with E-state index >= 15 is 0 Å². The number of rotatable bonds is 5. The molecule has 2 unspecified atom stereocenters. The average Bonchev–Trinajstić information content (AvgIpc) is 2.86. The van der Waals surface area contributed by atoms with E-state index in [1.54, 1.807) is 72.8 Å². The third-order valence-corrected chi connectivity index (χ3v) is 5.75. The van der Waals surface area contributed by atoms with Gasteiger partial charge in [-0.2, -0.15) is 0 Å². The van der Waals surface area contributed by atoms with E-state index in [1.165, 1.54) is 4.90 Å². The van der Waals surface area contributed by atoms with Gasteiger partial charge in [0, 0.05) is 11.1 Å². The highest BCUT2D eigenvalue weighted by atomic mass is 16.5. The number of hydrogen-bond acceptors (Lipinski definition) is 4. The molecule has 1 fully saturated rings. The molecule has 1 aliphatic rings. The molecule has 3 aromatic rings. The molecule has 0 N–H and O–H groups in total. The molecule has 0 bridgehead atoms. The molecule has 0 heterocycles. The molecule has 162 valence electrons. The molecule has 0 aliphatic heterocycles. The first kappa shape index (κ1) is 21.5. The lowest BCUT2D eigenvalue weighted by Crippen LogP contribution is -2.52. The zero-order chi connectivity index (χ0) is 22.3. The van der Waals surface area contributed by atoms with Gasteiger partial charge in [0.1, 0.15) is 6.10 Å². The molecule has 1 aliphatic carbocycles. The van der Waals surface area contributed by atoms with E-state index in [0.717, 1.165) is 12.8 Å². The largest absolute Gasteiger partial charge is 0.457 e. The first-order chi connectivity index (χ1) is 15.6. The van der Waals surface area contributed by atoms with Crippen LogP contribution in [0.5, 0.6) is 0 Å². The van der Waals surface area contributed by atoms with E-state index < -0.39 is 18.1 Å². The summed E-state index contributed by atoms with van der Waals surface area (Å²) in [7, 11) is 0. The van der Waals surface area contributed by atoms with E-state index in [2.05, 4.69) is 0 Å². The number of amides is 2. The van der Waals surface area contributed by atoms with Gasteiger partial charge in [-0.05, 0) is 55.7 Å². The Morgan fingerprint density at radius 3 is 1.56 bits per heavy atom. The minimum absolute atomic E-state index is 0.382. The summed E-state index contributed by atoms with van der Waals surface area (Å²) in [6, 6.07) is 25.8. The first-order valence-corrected chi connectivity index (χ1v) is 10.9. The van der Waals surface area contributed by atoms with E-state index in [0.29, 0.717) is 29.5 Å². The zero-order valence-corrected chi connectivity index (χ0v) is 17.7. The second kappa shape index (κ2) is 10.1. The number of esters is 1. The Kier molecular flexibility index (Phi) is 6.75. The quantitative estimate of drug-likeness (QED) is 0.418. The van der Waals surface area contributed by atoms with Gasteiger partial charge in [-0.3, -0.25) is 14.5 Å². The van der Waals surface area contributed by atoms with Crippen LogP contribution in [-0.4, -0.2) is 34.8 Å². The summed E-state index contributed by atoms with van der Waals surface area (Å²) in [5, 5.41) is 0. The highest BCUT2D eigenvalue weighted by Gasteiger charge is 2.39. The molecule has 4 rings (SSSR count). The molecule has 0 aromatic heterocycles. The van der Waals surface area contributed by atoms with Gasteiger partial charge in [0.15, 0.2) is 0 Å². The molecule has 32 heavy (non-hydrogen) atoms. The Bertz CT molecular complexity index is 1020. The van der Waals surface area contributed by atoms with Crippen molar-refractivity contribution in [3.63, 3.8) is 0 Å². The van der Waals surface area contributed by atoms with Crippen molar-refractivity contribution in [3.8, 4) is 0 Å². The van der Waals surface area contributed by atoms with Gasteiger partial charge in [-0.15, -0.1) is 0 Å². The first-order valence-electron chi connectivity index (χ1n) is 10.9. The van der Waals surface area contributed by atoms with Crippen molar-refractivity contribution in [3.05, 3.63) is 108 Å². The monoisotopic (exact) mass is 427 g/mol. The minimum Gasteiger partial charge on any atom is -0.457 e. The second-order valence-electron chi connectivity index (χ2n) is 7.87. The standard InChI is InChI=1S/C27H25NO4/c29-25(20-12-4-1-5-13-20)28(26(30)21-14-6-2-7-15-21)23-18-10-11-19-24(23)32-27(31)22-16-8-3-9-17-22/h1-9,12-17,23-24H,10-11,18-19H2. The van der Waals surface area contributed by atoms with Crippen LogP contribution in [0.25, 0.3) is 0 Å². The normalized spacial score (nSPS) is 17.9. The number of imide groups is 1.